The summed E-state index contributed by atoms with van der Waals surface area (Å²) >= 11 is 0. The Bertz CT molecular complexity index is 896. The minimum Gasteiger partial charge on any atom is -0.352 e. The Kier molecular flexibility index (Phi) is 6.30. The van der Waals surface area contributed by atoms with Crippen molar-refractivity contribution >= 4 is 17.5 Å². The van der Waals surface area contributed by atoms with Gasteiger partial charge in [0.1, 0.15) is 0 Å². The third-order valence-corrected chi connectivity index (χ3v) is 4.11. The van der Waals surface area contributed by atoms with Crippen LogP contribution in [0, 0.1) is 0 Å². The average molecular weight is 359 g/mol. The van der Waals surface area contributed by atoms with Crippen LogP contribution in [0.15, 0.2) is 79.1 Å². The second-order valence-corrected chi connectivity index (χ2v) is 6.09. The Hall–Kier alpha value is -3.47. The number of para-hydroxylation sites is 1. The molecule has 0 unspecified atom stereocenters. The van der Waals surface area contributed by atoms with Crippen molar-refractivity contribution in [3.8, 4) is 0 Å². The zero-order chi connectivity index (χ0) is 18.9. The van der Waals surface area contributed by atoms with Crippen molar-refractivity contribution in [2.45, 2.75) is 12.8 Å². The number of benzene rings is 2. The number of hydrogen-bond acceptors (Lipinski definition) is 3. The van der Waals surface area contributed by atoms with E-state index in [0.717, 1.165) is 12.8 Å². The van der Waals surface area contributed by atoms with Crippen LogP contribution in [-0.4, -0.2) is 23.3 Å². The number of anilines is 1. The highest BCUT2D eigenvalue weighted by atomic mass is 16.2. The van der Waals surface area contributed by atoms with Crippen molar-refractivity contribution in [2.75, 3.05) is 11.9 Å². The van der Waals surface area contributed by atoms with E-state index in [-0.39, 0.29) is 11.8 Å². The van der Waals surface area contributed by atoms with Crippen LogP contribution >= 0.6 is 0 Å². The molecule has 0 bridgehead atoms. The van der Waals surface area contributed by atoms with Gasteiger partial charge in [-0.25, -0.2) is 0 Å². The molecule has 1 aromatic heterocycles. The molecule has 2 N–H and O–H groups in total. The number of carbonyl (C=O) groups is 2. The van der Waals surface area contributed by atoms with Crippen LogP contribution in [0.5, 0.6) is 0 Å². The highest BCUT2D eigenvalue weighted by molar-refractivity contribution is 6.08. The summed E-state index contributed by atoms with van der Waals surface area (Å²) in [6.45, 7) is 0.568. The number of nitrogens with zero attached hydrogens (tertiary/aromatic N) is 1. The van der Waals surface area contributed by atoms with E-state index in [1.54, 1.807) is 42.6 Å². The molecule has 27 heavy (non-hydrogen) atoms. The molecule has 0 atom stereocenters. The first kappa shape index (κ1) is 18.3. The predicted octanol–water partition coefficient (Wildman–Crippen LogP) is 3.70. The second kappa shape index (κ2) is 9.29. The monoisotopic (exact) mass is 359 g/mol. The summed E-state index contributed by atoms with van der Waals surface area (Å²) in [5, 5.41) is 5.70. The van der Waals surface area contributed by atoms with Crippen LogP contribution in [0.2, 0.25) is 0 Å². The van der Waals surface area contributed by atoms with Gasteiger partial charge in [0.05, 0.1) is 16.8 Å². The summed E-state index contributed by atoms with van der Waals surface area (Å²) in [5.74, 6) is -0.502. The number of amides is 2. The predicted molar refractivity (Wildman–Crippen MR) is 106 cm³/mol. The van der Waals surface area contributed by atoms with Crippen molar-refractivity contribution in [1.82, 2.24) is 10.3 Å². The third-order valence-electron chi connectivity index (χ3n) is 4.11. The van der Waals surface area contributed by atoms with E-state index in [1.165, 1.54) is 11.8 Å². The second-order valence-electron chi connectivity index (χ2n) is 6.09. The Balaban J connectivity index is 1.58. The topological polar surface area (TPSA) is 71.1 Å². The fourth-order valence-corrected chi connectivity index (χ4v) is 2.72. The summed E-state index contributed by atoms with van der Waals surface area (Å²) < 4.78 is 0. The van der Waals surface area contributed by atoms with E-state index >= 15 is 0 Å². The van der Waals surface area contributed by atoms with Crippen LogP contribution in [-0.2, 0) is 6.42 Å². The first-order valence-electron chi connectivity index (χ1n) is 8.86. The molecule has 3 aromatic rings. The summed E-state index contributed by atoms with van der Waals surface area (Å²) in [6.07, 6.45) is 4.84. The van der Waals surface area contributed by atoms with E-state index < -0.39 is 0 Å². The largest absolute Gasteiger partial charge is 0.352 e. The minimum absolute atomic E-state index is 0.204. The average Bonchev–Trinajstić information content (AvgIpc) is 2.73. The molecule has 3 rings (SSSR count). The molecule has 0 aliphatic heterocycles. The molecule has 0 fully saturated rings. The first-order chi connectivity index (χ1) is 13.2. The van der Waals surface area contributed by atoms with Crippen LogP contribution in [0.3, 0.4) is 0 Å². The lowest BCUT2D eigenvalue weighted by atomic mass is 10.1. The van der Waals surface area contributed by atoms with E-state index in [0.29, 0.717) is 23.4 Å². The fourth-order valence-electron chi connectivity index (χ4n) is 2.72. The molecule has 0 aliphatic carbocycles. The highest BCUT2D eigenvalue weighted by Gasteiger charge is 2.13. The number of pyridine rings is 1. The number of aryl methyl sites for hydroxylation is 1. The normalized spacial score (nSPS) is 10.2. The van der Waals surface area contributed by atoms with Crippen LogP contribution < -0.4 is 10.6 Å². The van der Waals surface area contributed by atoms with Crippen molar-refractivity contribution in [3.05, 3.63) is 95.8 Å². The van der Waals surface area contributed by atoms with Gasteiger partial charge in [-0.15, -0.1) is 0 Å². The molecule has 5 heteroatoms. The van der Waals surface area contributed by atoms with Crippen molar-refractivity contribution in [3.63, 3.8) is 0 Å². The van der Waals surface area contributed by atoms with Gasteiger partial charge < -0.3 is 10.6 Å². The zero-order valence-electron chi connectivity index (χ0n) is 14.9. The lowest BCUT2D eigenvalue weighted by molar-refractivity contribution is 0.0954. The number of aromatic nitrogens is 1. The number of carbonyl (C=O) groups excluding carboxylic acids is 2. The maximum Gasteiger partial charge on any atom is 0.257 e. The Morgan fingerprint density at radius 2 is 1.63 bits per heavy atom. The van der Waals surface area contributed by atoms with E-state index in [4.69, 9.17) is 0 Å². The van der Waals surface area contributed by atoms with Gasteiger partial charge in [-0.2, -0.15) is 0 Å². The van der Waals surface area contributed by atoms with E-state index in [1.807, 2.05) is 18.2 Å². The van der Waals surface area contributed by atoms with Gasteiger partial charge in [-0.05, 0) is 42.7 Å². The van der Waals surface area contributed by atoms with Crippen LogP contribution in [0.4, 0.5) is 5.69 Å². The first-order valence-corrected chi connectivity index (χ1v) is 8.86. The van der Waals surface area contributed by atoms with Crippen molar-refractivity contribution < 1.29 is 9.59 Å². The maximum atomic E-state index is 12.5. The molecule has 1 heterocycles. The quantitative estimate of drug-likeness (QED) is 0.632. The molecule has 0 aliphatic rings. The Morgan fingerprint density at radius 3 is 2.41 bits per heavy atom. The van der Waals surface area contributed by atoms with Crippen molar-refractivity contribution in [1.29, 1.82) is 0 Å². The molecule has 5 nitrogen and oxygen atoms in total. The van der Waals surface area contributed by atoms with Gasteiger partial charge in [-0.3, -0.25) is 14.6 Å². The lowest BCUT2D eigenvalue weighted by Gasteiger charge is -2.11. The van der Waals surface area contributed by atoms with E-state index in [9.17, 15) is 9.59 Å². The smallest absolute Gasteiger partial charge is 0.257 e. The van der Waals surface area contributed by atoms with Gasteiger partial charge in [0.2, 0.25) is 0 Å². The number of hydrogen-bond donors (Lipinski definition) is 2. The standard InChI is InChI=1S/C22H21N3O2/c26-21(18-11-7-14-23-16-18)25-20-13-5-4-12-19(20)22(27)24-15-6-10-17-8-2-1-3-9-17/h1-5,7-9,11-14,16H,6,10,15H2,(H,24,27)(H,25,26). The highest BCUT2D eigenvalue weighted by Crippen LogP contribution is 2.16. The molecule has 2 amide bonds. The molecular weight excluding hydrogens is 338 g/mol. The fraction of sp³-hybridized carbons (Fsp3) is 0.136. The minimum atomic E-state index is -0.299. The van der Waals surface area contributed by atoms with Gasteiger partial charge in [0.15, 0.2) is 0 Å². The van der Waals surface area contributed by atoms with Gasteiger partial charge in [0.25, 0.3) is 11.8 Å². The Morgan fingerprint density at radius 1 is 0.852 bits per heavy atom. The molecule has 0 saturated heterocycles. The molecule has 0 spiro atoms. The SMILES string of the molecule is O=C(Nc1ccccc1C(=O)NCCCc1ccccc1)c1cccnc1. The number of rotatable bonds is 7. The molecule has 0 radical (unpaired) electrons. The summed E-state index contributed by atoms with van der Waals surface area (Å²) in [4.78, 5) is 28.8. The van der Waals surface area contributed by atoms with Crippen LogP contribution in [0.1, 0.15) is 32.7 Å². The number of nitrogens with one attached hydrogen (secondary N) is 2. The van der Waals surface area contributed by atoms with Gasteiger partial charge in [0, 0.05) is 18.9 Å². The lowest BCUT2D eigenvalue weighted by Crippen LogP contribution is -2.26. The molecule has 2 aromatic carbocycles. The van der Waals surface area contributed by atoms with E-state index in [2.05, 4.69) is 27.8 Å². The summed E-state index contributed by atoms with van der Waals surface area (Å²) in [5.41, 5.74) is 2.60. The van der Waals surface area contributed by atoms with Gasteiger partial charge in [-0.1, -0.05) is 42.5 Å². The van der Waals surface area contributed by atoms with Crippen molar-refractivity contribution in [2.24, 2.45) is 0 Å². The molecule has 0 saturated carbocycles. The molecular formula is C22H21N3O2. The van der Waals surface area contributed by atoms with Gasteiger partial charge >= 0.3 is 0 Å². The summed E-state index contributed by atoms with van der Waals surface area (Å²) in [6, 6.07) is 20.5. The van der Waals surface area contributed by atoms with Crippen LogP contribution in [0.25, 0.3) is 0 Å². The maximum absolute atomic E-state index is 12.5. The Labute approximate surface area is 158 Å². The zero-order valence-corrected chi connectivity index (χ0v) is 14.9. The molecule has 136 valence electrons. The summed E-state index contributed by atoms with van der Waals surface area (Å²) in [7, 11) is 0. The third kappa shape index (κ3) is 5.25.